The zero-order chi connectivity index (χ0) is 21.1. The van der Waals surface area contributed by atoms with Crippen molar-refractivity contribution in [3.63, 3.8) is 0 Å². The first-order valence-corrected chi connectivity index (χ1v) is 9.76. The van der Waals surface area contributed by atoms with Crippen molar-refractivity contribution >= 4 is 52.5 Å². The summed E-state index contributed by atoms with van der Waals surface area (Å²) in [5, 5.41) is 13.6. The van der Waals surface area contributed by atoms with E-state index in [1.165, 1.54) is 6.07 Å². The zero-order valence-electron chi connectivity index (χ0n) is 15.6. The molecule has 0 aliphatic heterocycles. The summed E-state index contributed by atoms with van der Waals surface area (Å²) in [6, 6.07) is 16.1. The smallest absolute Gasteiger partial charge is 0.266 e. The molecule has 0 bridgehead atoms. The molecule has 3 aromatic rings. The number of aromatic nitrogens is 1. The number of aryl methyl sites for hydroxylation is 1. The van der Waals surface area contributed by atoms with E-state index in [1.807, 2.05) is 54.8 Å². The number of hydrogen-bond acceptors (Lipinski definition) is 2. The summed E-state index contributed by atoms with van der Waals surface area (Å²) in [4.78, 5) is 12.6. The number of carbonyl (C=O) groups is 1. The fourth-order valence-electron chi connectivity index (χ4n) is 3.01. The van der Waals surface area contributed by atoms with Gasteiger partial charge in [-0.15, -0.1) is 0 Å². The van der Waals surface area contributed by atoms with Crippen LogP contribution in [0.15, 0.2) is 54.1 Å². The lowest BCUT2D eigenvalue weighted by Gasteiger charge is -2.10. The number of carbonyl (C=O) groups excluding carboxylic acids is 1. The molecular formula is C22H16Cl3N3O. The van der Waals surface area contributed by atoms with Crippen molar-refractivity contribution in [3.05, 3.63) is 86.1 Å². The Morgan fingerprint density at radius 2 is 1.69 bits per heavy atom. The van der Waals surface area contributed by atoms with E-state index in [9.17, 15) is 10.1 Å². The predicted molar refractivity (Wildman–Crippen MR) is 119 cm³/mol. The van der Waals surface area contributed by atoms with E-state index < -0.39 is 5.91 Å². The normalized spacial score (nSPS) is 11.2. The zero-order valence-corrected chi connectivity index (χ0v) is 17.9. The average molecular weight is 445 g/mol. The van der Waals surface area contributed by atoms with Crippen LogP contribution in [-0.2, 0) is 4.79 Å². The molecule has 1 aromatic heterocycles. The maximum Gasteiger partial charge on any atom is 0.266 e. The molecule has 1 heterocycles. The summed E-state index contributed by atoms with van der Waals surface area (Å²) >= 11 is 17.9. The minimum Gasteiger partial charge on any atom is -0.320 e. The number of rotatable bonds is 4. The van der Waals surface area contributed by atoms with E-state index >= 15 is 0 Å². The fourth-order valence-corrected chi connectivity index (χ4v) is 3.59. The van der Waals surface area contributed by atoms with Crippen LogP contribution in [0.5, 0.6) is 0 Å². The number of benzene rings is 2. The highest BCUT2D eigenvalue weighted by Gasteiger charge is 2.15. The Balaban J connectivity index is 1.93. The summed E-state index contributed by atoms with van der Waals surface area (Å²) in [7, 11) is 0. The average Bonchev–Trinajstić information content (AvgIpc) is 2.96. The summed E-state index contributed by atoms with van der Waals surface area (Å²) in [6.07, 6.45) is 1.56. The second kappa shape index (κ2) is 8.75. The van der Waals surface area contributed by atoms with Gasteiger partial charge in [0.1, 0.15) is 11.6 Å². The molecule has 0 unspecified atom stereocenters. The number of amides is 1. The van der Waals surface area contributed by atoms with Crippen LogP contribution in [0.2, 0.25) is 15.1 Å². The summed E-state index contributed by atoms with van der Waals surface area (Å²) < 4.78 is 2.03. The van der Waals surface area contributed by atoms with E-state index in [-0.39, 0.29) is 5.57 Å². The Kier molecular flexibility index (Phi) is 6.34. The first-order valence-electron chi connectivity index (χ1n) is 8.63. The molecule has 0 spiro atoms. The third-order valence-electron chi connectivity index (χ3n) is 4.40. The molecule has 0 fully saturated rings. The monoisotopic (exact) mass is 443 g/mol. The molecule has 0 radical (unpaired) electrons. The molecular weight excluding hydrogens is 429 g/mol. The van der Waals surface area contributed by atoms with Crippen molar-refractivity contribution in [2.75, 3.05) is 5.32 Å². The minimum atomic E-state index is -0.548. The molecule has 2 aromatic carbocycles. The lowest BCUT2D eigenvalue weighted by atomic mass is 10.1. The van der Waals surface area contributed by atoms with Gasteiger partial charge in [0.2, 0.25) is 0 Å². The van der Waals surface area contributed by atoms with Crippen molar-refractivity contribution < 1.29 is 4.79 Å². The van der Waals surface area contributed by atoms with Gasteiger partial charge in [-0.3, -0.25) is 4.79 Å². The SMILES string of the molecule is Cc1cc(/C=C(/C#N)C(=O)Nc2ccc(Cl)cc2Cl)c(C)n1-c1ccc(Cl)cc1. The van der Waals surface area contributed by atoms with Crippen molar-refractivity contribution in [3.8, 4) is 11.8 Å². The van der Waals surface area contributed by atoms with Gasteiger partial charge in [0.15, 0.2) is 0 Å². The second-order valence-electron chi connectivity index (χ2n) is 6.39. The van der Waals surface area contributed by atoms with Gasteiger partial charge in [-0.2, -0.15) is 5.26 Å². The van der Waals surface area contributed by atoms with Crippen LogP contribution in [-0.4, -0.2) is 10.5 Å². The van der Waals surface area contributed by atoms with Gasteiger partial charge in [-0.05, 0) is 74.0 Å². The Morgan fingerprint density at radius 3 is 2.31 bits per heavy atom. The predicted octanol–water partition coefficient (Wildman–Crippen LogP) is 6.60. The summed E-state index contributed by atoms with van der Waals surface area (Å²) in [6.45, 7) is 3.88. The molecule has 0 saturated heterocycles. The molecule has 4 nitrogen and oxygen atoms in total. The highest BCUT2D eigenvalue weighted by molar-refractivity contribution is 6.37. The van der Waals surface area contributed by atoms with Crippen molar-refractivity contribution in [2.24, 2.45) is 0 Å². The van der Waals surface area contributed by atoms with Gasteiger partial charge < -0.3 is 9.88 Å². The van der Waals surface area contributed by atoms with Gasteiger partial charge in [-0.25, -0.2) is 0 Å². The Labute approximate surface area is 183 Å². The standard InChI is InChI=1S/C22H16Cl3N3O/c1-13-9-15(14(2)28(13)19-6-3-17(23)4-7-19)10-16(12-26)22(29)27-21-8-5-18(24)11-20(21)25/h3-11H,1-2H3,(H,27,29)/b16-10-. The quantitative estimate of drug-likeness (QED) is 0.364. The highest BCUT2D eigenvalue weighted by Crippen LogP contribution is 2.27. The molecule has 1 N–H and O–H groups in total. The molecule has 0 saturated carbocycles. The van der Waals surface area contributed by atoms with Crippen LogP contribution in [0, 0.1) is 25.2 Å². The maximum absolute atomic E-state index is 12.6. The van der Waals surface area contributed by atoms with E-state index in [1.54, 1.807) is 18.2 Å². The first-order chi connectivity index (χ1) is 13.8. The summed E-state index contributed by atoms with van der Waals surface area (Å²) in [5.74, 6) is -0.548. The molecule has 7 heteroatoms. The van der Waals surface area contributed by atoms with Gasteiger partial charge in [0.05, 0.1) is 10.7 Å². The van der Waals surface area contributed by atoms with Crippen molar-refractivity contribution in [1.29, 1.82) is 5.26 Å². The van der Waals surface area contributed by atoms with Crippen LogP contribution in [0.4, 0.5) is 5.69 Å². The topological polar surface area (TPSA) is 57.8 Å². The second-order valence-corrected chi connectivity index (χ2v) is 7.67. The summed E-state index contributed by atoms with van der Waals surface area (Å²) in [5.41, 5.74) is 3.93. The first kappa shape index (κ1) is 21.0. The molecule has 146 valence electrons. The minimum absolute atomic E-state index is 0.0348. The lowest BCUT2D eigenvalue weighted by molar-refractivity contribution is -0.112. The van der Waals surface area contributed by atoms with Crippen molar-refractivity contribution in [1.82, 2.24) is 4.57 Å². The molecule has 1 amide bonds. The number of hydrogen-bond donors (Lipinski definition) is 1. The number of anilines is 1. The van der Waals surface area contributed by atoms with Crippen LogP contribution < -0.4 is 5.32 Å². The Morgan fingerprint density at radius 1 is 1.03 bits per heavy atom. The van der Waals surface area contributed by atoms with Crippen molar-refractivity contribution in [2.45, 2.75) is 13.8 Å². The van der Waals surface area contributed by atoms with E-state index in [4.69, 9.17) is 34.8 Å². The van der Waals surface area contributed by atoms with Crippen LogP contribution in [0.1, 0.15) is 17.0 Å². The molecule has 29 heavy (non-hydrogen) atoms. The van der Waals surface area contributed by atoms with E-state index in [0.717, 1.165) is 22.6 Å². The van der Waals surface area contributed by atoms with Gasteiger partial charge in [0.25, 0.3) is 5.91 Å². The highest BCUT2D eigenvalue weighted by atomic mass is 35.5. The molecule has 0 aliphatic carbocycles. The van der Waals surface area contributed by atoms with Crippen LogP contribution in [0.3, 0.4) is 0 Å². The van der Waals surface area contributed by atoms with Crippen LogP contribution >= 0.6 is 34.8 Å². The number of halogens is 3. The fraction of sp³-hybridized carbons (Fsp3) is 0.0909. The largest absolute Gasteiger partial charge is 0.320 e. The Hall–Kier alpha value is -2.71. The van der Waals surface area contributed by atoms with Gasteiger partial charge in [0, 0.05) is 27.1 Å². The Bertz CT molecular complexity index is 1160. The lowest BCUT2D eigenvalue weighted by Crippen LogP contribution is -2.13. The number of nitrogens with zero attached hydrogens (tertiary/aromatic N) is 2. The van der Waals surface area contributed by atoms with Gasteiger partial charge >= 0.3 is 0 Å². The molecule has 0 aliphatic rings. The third-order valence-corrected chi connectivity index (χ3v) is 5.20. The van der Waals surface area contributed by atoms with Crippen LogP contribution in [0.25, 0.3) is 11.8 Å². The maximum atomic E-state index is 12.6. The number of nitriles is 1. The van der Waals surface area contributed by atoms with E-state index in [0.29, 0.717) is 20.8 Å². The molecule has 3 rings (SSSR count). The molecule has 0 atom stereocenters. The third kappa shape index (κ3) is 4.65. The number of nitrogens with one attached hydrogen (secondary N) is 1. The van der Waals surface area contributed by atoms with Gasteiger partial charge in [-0.1, -0.05) is 34.8 Å². The van der Waals surface area contributed by atoms with E-state index in [2.05, 4.69) is 5.32 Å².